The van der Waals surface area contributed by atoms with Gasteiger partial charge in [-0.25, -0.2) is 4.98 Å². The number of para-hydroxylation sites is 3. The molecule has 0 fully saturated rings. The first-order valence-electron chi connectivity index (χ1n) is 6.79. The number of phenolic OH excluding ortho intramolecular Hbond substituents is 1. The Hall–Kier alpha value is -2.04. The highest BCUT2D eigenvalue weighted by Crippen LogP contribution is 2.27. The second-order valence-corrected chi connectivity index (χ2v) is 5.40. The summed E-state index contributed by atoms with van der Waals surface area (Å²) in [5.74, 6) is 1.00. The zero-order valence-electron chi connectivity index (χ0n) is 11.6. The second kappa shape index (κ2) is 5.76. The highest BCUT2D eigenvalue weighted by atomic mass is 35.5. The van der Waals surface area contributed by atoms with Crippen molar-refractivity contribution in [3.63, 3.8) is 0 Å². The predicted octanol–water partition coefficient (Wildman–Crippen LogP) is 3.77. The fourth-order valence-corrected chi connectivity index (χ4v) is 2.43. The number of H-pyrrole nitrogens is 1. The van der Waals surface area contributed by atoms with Crippen molar-refractivity contribution in [2.45, 2.75) is 19.5 Å². The molecule has 0 bridgehead atoms. The Morgan fingerprint density at radius 3 is 2.86 bits per heavy atom. The fraction of sp³-hybridized carbons (Fsp3) is 0.188. The maximum absolute atomic E-state index is 9.90. The first-order valence-corrected chi connectivity index (χ1v) is 7.17. The summed E-state index contributed by atoms with van der Waals surface area (Å²) < 4.78 is 0. The van der Waals surface area contributed by atoms with Gasteiger partial charge in [-0.15, -0.1) is 0 Å². The van der Waals surface area contributed by atoms with Crippen molar-refractivity contribution in [1.29, 1.82) is 0 Å². The van der Waals surface area contributed by atoms with Crippen molar-refractivity contribution < 1.29 is 5.11 Å². The van der Waals surface area contributed by atoms with Crippen LogP contribution in [0, 0.1) is 0 Å². The molecule has 21 heavy (non-hydrogen) atoms. The molecule has 1 aromatic heterocycles. The smallest absolute Gasteiger partial charge is 0.138 e. The molecule has 0 saturated carbocycles. The number of fused-ring (bicyclic) bond motifs is 1. The minimum Gasteiger partial charge on any atom is -0.506 e. The van der Waals surface area contributed by atoms with Gasteiger partial charge in [0, 0.05) is 12.1 Å². The number of aromatic hydroxyl groups is 1. The number of rotatable bonds is 4. The standard InChI is InChI=1S/C16H16ClN3O/c1-10(16-19-13-7-2-3-8-14(13)20-16)18-9-11-5-4-6-12(17)15(11)21/h2-8,10,18,21H,9H2,1H3,(H,19,20). The molecule has 0 spiro atoms. The average Bonchev–Trinajstić information content (AvgIpc) is 2.92. The molecule has 0 aliphatic heterocycles. The largest absolute Gasteiger partial charge is 0.506 e. The zero-order chi connectivity index (χ0) is 14.8. The van der Waals surface area contributed by atoms with E-state index in [1.54, 1.807) is 6.07 Å². The van der Waals surface area contributed by atoms with Crippen molar-refractivity contribution >= 4 is 22.6 Å². The number of hydrogen-bond donors (Lipinski definition) is 3. The zero-order valence-corrected chi connectivity index (χ0v) is 12.4. The summed E-state index contributed by atoms with van der Waals surface area (Å²) in [6, 6.07) is 13.3. The van der Waals surface area contributed by atoms with E-state index < -0.39 is 0 Å². The van der Waals surface area contributed by atoms with Crippen LogP contribution in [-0.4, -0.2) is 15.1 Å². The average molecular weight is 302 g/mol. The normalized spacial score (nSPS) is 12.7. The maximum atomic E-state index is 9.90. The van der Waals surface area contributed by atoms with Crippen molar-refractivity contribution in [3.05, 3.63) is 58.9 Å². The number of hydrogen-bond acceptors (Lipinski definition) is 3. The molecule has 5 heteroatoms. The van der Waals surface area contributed by atoms with E-state index in [-0.39, 0.29) is 11.8 Å². The quantitative estimate of drug-likeness (QED) is 0.687. The number of imidazole rings is 1. The number of aromatic nitrogens is 2. The van der Waals surface area contributed by atoms with Gasteiger partial charge in [0.15, 0.2) is 0 Å². The summed E-state index contributed by atoms with van der Waals surface area (Å²) in [4.78, 5) is 7.85. The minimum atomic E-state index is 0.0378. The minimum absolute atomic E-state index is 0.0378. The van der Waals surface area contributed by atoms with E-state index >= 15 is 0 Å². The highest BCUT2D eigenvalue weighted by molar-refractivity contribution is 6.32. The van der Waals surface area contributed by atoms with Crippen LogP contribution in [0.1, 0.15) is 24.4 Å². The fourth-order valence-electron chi connectivity index (χ4n) is 2.24. The number of nitrogens with zero attached hydrogens (tertiary/aromatic N) is 1. The first kappa shape index (κ1) is 13.9. The SMILES string of the molecule is CC(NCc1cccc(Cl)c1O)c1nc2ccccc2[nH]1. The molecule has 4 nitrogen and oxygen atoms in total. The van der Waals surface area contributed by atoms with Gasteiger partial charge in [-0.1, -0.05) is 35.9 Å². The van der Waals surface area contributed by atoms with E-state index in [0.29, 0.717) is 11.6 Å². The number of halogens is 1. The van der Waals surface area contributed by atoms with Gasteiger partial charge in [-0.3, -0.25) is 0 Å². The van der Waals surface area contributed by atoms with Gasteiger partial charge in [0.1, 0.15) is 11.6 Å². The molecule has 0 saturated heterocycles. The Labute approximate surface area is 127 Å². The summed E-state index contributed by atoms with van der Waals surface area (Å²) in [7, 11) is 0. The Kier molecular flexibility index (Phi) is 3.82. The highest BCUT2D eigenvalue weighted by Gasteiger charge is 2.11. The number of benzene rings is 2. The van der Waals surface area contributed by atoms with E-state index in [9.17, 15) is 5.11 Å². The Morgan fingerprint density at radius 2 is 2.05 bits per heavy atom. The van der Waals surface area contributed by atoms with E-state index in [1.807, 2.05) is 43.3 Å². The summed E-state index contributed by atoms with van der Waals surface area (Å²) in [5.41, 5.74) is 2.74. The third-order valence-electron chi connectivity index (χ3n) is 3.49. The molecule has 1 heterocycles. The Bertz CT molecular complexity index is 736. The van der Waals surface area contributed by atoms with Crippen molar-refractivity contribution in [2.24, 2.45) is 0 Å². The van der Waals surface area contributed by atoms with Crippen LogP contribution < -0.4 is 5.32 Å². The van der Waals surface area contributed by atoms with Gasteiger partial charge in [-0.2, -0.15) is 0 Å². The molecular formula is C16H16ClN3O. The molecule has 3 rings (SSSR count). The number of phenols is 1. The molecule has 108 valence electrons. The van der Waals surface area contributed by atoms with Crippen LogP contribution in [0.4, 0.5) is 0 Å². The van der Waals surface area contributed by atoms with Crippen LogP contribution in [-0.2, 0) is 6.54 Å². The third-order valence-corrected chi connectivity index (χ3v) is 3.79. The molecule has 2 aromatic carbocycles. The van der Waals surface area contributed by atoms with E-state index in [2.05, 4.69) is 15.3 Å². The summed E-state index contributed by atoms with van der Waals surface area (Å²) >= 11 is 5.90. The van der Waals surface area contributed by atoms with Crippen molar-refractivity contribution in [1.82, 2.24) is 15.3 Å². The lowest BCUT2D eigenvalue weighted by atomic mass is 10.2. The van der Waals surface area contributed by atoms with E-state index in [0.717, 1.165) is 22.4 Å². The molecule has 0 amide bonds. The van der Waals surface area contributed by atoms with E-state index in [1.165, 1.54) is 0 Å². The van der Waals surface area contributed by atoms with Gasteiger partial charge in [0.05, 0.1) is 22.1 Å². The Balaban J connectivity index is 1.74. The second-order valence-electron chi connectivity index (χ2n) is 4.99. The molecule has 3 N–H and O–H groups in total. The van der Waals surface area contributed by atoms with Gasteiger partial charge >= 0.3 is 0 Å². The predicted molar refractivity (Wildman–Crippen MR) is 84.5 cm³/mol. The molecule has 0 aliphatic rings. The topological polar surface area (TPSA) is 60.9 Å². The monoisotopic (exact) mass is 301 g/mol. The van der Waals surface area contributed by atoms with E-state index in [4.69, 9.17) is 11.6 Å². The molecule has 3 aromatic rings. The van der Waals surface area contributed by atoms with Gasteiger partial charge in [-0.05, 0) is 25.1 Å². The summed E-state index contributed by atoms with van der Waals surface area (Å²) in [6.07, 6.45) is 0. The van der Waals surface area contributed by atoms with Crippen LogP contribution in [0.25, 0.3) is 11.0 Å². The van der Waals surface area contributed by atoms with Crippen LogP contribution in [0.3, 0.4) is 0 Å². The third kappa shape index (κ3) is 2.86. The van der Waals surface area contributed by atoms with Crippen molar-refractivity contribution in [2.75, 3.05) is 0 Å². The molecule has 1 atom stereocenters. The van der Waals surface area contributed by atoms with Crippen LogP contribution >= 0.6 is 11.6 Å². The maximum Gasteiger partial charge on any atom is 0.138 e. The van der Waals surface area contributed by atoms with Gasteiger partial charge < -0.3 is 15.4 Å². The molecule has 0 aliphatic carbocycles. The van der Waals surface area contributed by atoms with Crippen LogP contribution in [0.2, 0.25) is 5.02 Å². The lowest BCUT2D eigenvalue weighted by Gasteiger charge is -2.12. The van der Waals surface area contributed by atoms with Gasteiger partial charge in [0.25, 0.3) is 0 Å². The van der Waals surface area contributed by atoms with Crippen molar-refractivity contribution in [3.8, 4) is 5.75 Å². The molecular weight excluding hydrogens is 286 g/mol. The number of aromatic amines is 1. The summed E-state index contributed by atoms with van der Waals surface area (Å²) in [6.45, 7) is 2.55. The number of nitrogens with one attached hydrogen (secondary N) is 2. The Morgan fingerprint density at radius 1 is 1.24 bits per heavy atom. The van der Waals surface area contributed by atoms with Gasteiger partial charge in [0.2, 0.25) is 0 Å². The first-order chi connectivity index (χ1) is 10.1. The van der Waals surface area contributed by atoms with Crippen LogP contribution in [0.5, 0.6) is 5.75 Å². The molecule has 0 radical (unpaired) electrons. The van der Waals surface area contributed by atoms with Crippen LogP contribution in [0.15, 0.2) is 42.5 Å². The lowest BCUT2D eigenvalue weighted by molar-refractivity contribution is 0.459. The molecule has 1 unspecified atom stereocenters. The lowest BCUT2D eigenvalue weighted by Crippen LogP contribution is -2.19. The summed E-state index contributed by atoms with van der Waals surface area (Å²) in [5, 5.41) is 13.6.